The molecule has 22 heavy (non-hydrogen) atoms. The zero-order valence-electron chi connectivity index (χ0n) is 12.1. The zero-order valence-corrected chi connectivity index (χ0v) is 12.1. The van der Waals surface area contributed by atoms with Crippen LogP contribution in [0.5, 0.6) is 5.75 Å². The molecular formula is C18H14N2O2. The van der Waals surface area contributed by atoms with Gasteiger partial charge in [-0.25, -0.2) is 0 Å². The third-order valence-electron chi connectivity index (χ3n) is 3.80. The highest BCUT2D eigenvalue weighted by atomic mass is 16.5. The molecule has 2 aromatic heterocycles. The van der Waals surface area contributed by atoms with Gasteiger partial charge in [-0.3, -0.25) is 9.98 Å². The Morgan fingerprint density at radius 2 is 1.95 bits per heavy atom. The number of aliphatic imine (C=N–C) groups is 1. The van der Waals surface area contributed by atoms with Crippen LogP contribution < -0.4 is 4.74 Å². The van der Waals surface area contributed by atoms with Gasteiger partial charge in [-0.2, -0.15) is 0 Å². The predicted molar refractivity (Wildman–Crippen MR) is 84.3 cm³/mol. The van der Waals surface area contributed by atoms with E-state index < -0.39 is 0 Å². The molecule has 4 nitrogen and oxygen atoms in total. The molecule has 0 saturated heterocycles. The van der Waals surface area contributed by atoms with E-state index in [1.54, 1.807) is 19.6 Å². The minimum absolute atomic E-state index is 0.581. The number of hydrogen-bond acceptors (Lipinski definition) is 4. The number of furan rings is 1. The molecule has 3 aromatic rings. The normalized spacial score (nSPS) is 12.9. The highest BCUT2D eigenvalue weighted by Crippen LogP contribution is 2.34. The van der Waals surface area contributed by atoms with Gasteiger partial charge in [-0.15, -0.1) is 0 Å². The monoisotopic (exact) mass is 290 g/mol. The van der Waals surface area contributed by atoms with Crippen molar-refractivity contribution < 1.29 is 9.15 Å². The Morgan fingerprint density at radius 1 is 1.05 bits per heavy atom. The number of nitrogens with zero attached hydrogens (tertiary/aromatic N) is 2. The second-order valence-electron chi connectivity index (χ2n) is 5.02. The fourth-order valence-corrected chi connectivity index (χ4v) is 2.82. The van der Waals surface area contributed by atoms with Crippen LogP contribution in [0.2, 0.25) is 0 Å². The van der Waals surface area contributed by atoms with Crippen molar-refractivity contribution >= 4 is 5.71 Å². The summed E-state index contributed by atoms with van der Waals surface area (Å²) in [7, 11) is 1.67. The van der Waals surface area contributed by atoms with Gasteiger partial charge in [0.15, 0.2) is 0 Å². The number of benzene rings is 1. The van der Waals surface area contributed by atoms with Gasteiger partial charge in [0.05, 0.1) is 31.3 Å². The molecule has 0 unspecified atom stereocenters. The van der Waals surface area contributed by atoms with Crippen LogP contribution in [0.3, 0.4) is 0 Å². The van der Waals surface area contributed by atoms with E-state index in [0.717, 1.165) is 39.6 Å². The molecule has 0 atom stereocenters. The zero-order chi connectivity index (χ0) is 14.9. The van der Waals surface area contributed by atoms with Crippen LogP contribution in [0.1, 0.15) is 16.8 Å². The lowest BCUT2D eigenvalue weighted by atomic mass is 9.96. The SMILES string of the molecule is COc1ccccc1C1=NCc2nccc(-c3ccco3)c21. The first-order valence-corrected chi connectivity index (χ1v) is 7.08. The maximum absolute atomic E-state index is 5.57. The summed E-state index contributed by atoms with van der Waals surface area (Å²) < 4.78 is 11.1. The first-order chi connectivity index (χ1) is 10.9. The lowest BCUT2D eigenvalue weighted by Gasteiger charge is -2.11. The first kappa shape index (κ1) is 12.8. The third kappa shape index (κ3) is 1.92. The maximum Gasteiger partial charge on any atom is 0.134 e. The highest BCUT2D eigenvalue weighted by Gasteiger charge is 2.25. The summed E-state index contributed by atoms with van der Waals surface area (Å²) in [6, 6.07) is 13.7. The summed E-state index contributed by atoms with van der Waals surface area (Å²) in [4.78, 5) is 9.15. The van der Waals surface area contributed by atoms with E-state index in [1.165, 1.54) is 0 Å². The summed E-state index contributed by atoms with van der Waals surface area (Å²) in [5.41, 5.74) is 4.89. The summed E-state index contributed by atoms with van der Waals surface area (Å²) in [6.07, 6.45) is 3.48. The Morgan fingerprint density at radius 3 is 2.77 bits per heavy atom. The smallest absolute Gasteiger partial charge is 0.134 e. The quantitative estimate of drug-likeness (QED) is 0.739. The second-order valence-corrected chi connectivity index (χ2v) is 5.02. The molecule has 0 amide bonds. The van der Waals surface area contributed by atoms with E-state index in [2.05, 4.69) is 9.98 Å². The number of hydrogen-bond donors (Lipinski definition) is 0. The van der Waals surface area contributed by atoms with Gasteiger partial charge in [0.2, 0.25) is 0 Å². The van der Waals surface area contributed by atoms with Crippen LogP contribution >= 0.6 is 0 Å². The van der Waals surface area contributed by atoms with Crippen molar-refractivity contribution in [3.63, 3.8) is 0 Å². The van der Waals surface area contributed by atoms with Crippen LogP contribution in [0.4, 0.5) is 0 Å². The Balaban J connectivity index is 1.92. The van der Waals surface area contributed by atoms with Crippen molar-refractivity contribution in [2.24, 2.45) is 4.99 Å². The van der Waals surface area contributed by atoms with E-state index in [0.29, 0.717) is 6.54 Å². The van der Waals surface area contributed by atoms with Crippen LogP contribution in [-0.4, -0.2) is 17.8 Å². The molecule has 0 bridgehead atoms. The van der Waals surface area contributed by atoms with Gasteiger partial charge in [-0.05, 0) is 30.3 Å². The minimum atomic E-state index is 0.581. The summed E-state index contributed by atoms with van der Waals surface area (Å²) in [5, 5.41) is 0. The lowest BCUT2D eigenvalue weighted by molar-refractivity contribution is 0.414. The van der Waals surface area contributed by atoms with Crippen molar-refractivity contribution in [2.75, 3.05) is 7.11 Å². The number of rotatable bonds is 3. The molecule has 4 heteroatoms. The lowest BCUT2D eigenvalue weighted by Crippen LogP contribution is -2.06. The number of methoxy groups -OCH3 is 1. The Kier molecular flexibility index (Phi) is 3.00. The standard InChI is InChI=1S/C18H14N2O2/c1-21-15-6-3-2-5-13(15)18-17-12(16-7-4-10-22-16)8-9-19-14(17)11-20-18/h2-10H,11H2,1H3. The van der Waals surface area contributed by atoms with Crippen LogP contribution in [0.25, 0.3) is 11.3 Å². The van der Waals surface area contributed by atoms with Crippen molar-refractivity contribution in [1.29, 1.82) is 0 Å². The Labute approximate surface area is 128 Å². The topological polar surface area (TPSA) is 47.6 Å². The Bertz CT molecular complexity index is 851. The van der Waals surface area contributed by atoms with E-state index in [1.807, 2.05) is 42.5 Å². The molecule has 0 fully saturated rings. The molecular weight excluding hydrogens is 276 g/mol. The number of pyridine rings is 1. The molecule has 4 rings (SSSR count). The first-order valence-electron chi connectivity index (χ1n) is 7.08. The number of aromatic nitrogens is 1. The molecule has 0 aliphatic carbocycles. The number of fused-ring (bicyclic) bond motifs is 1. The van der Waals surface area contributed by atoms with Crippen molar-refractivity contribution in [2.45, 2.75) is 6.54 Å². The second kappa shape index (κ2) is 5.15. The van der Waals surface area contributed by atoms with Gasteiger partial charge in [0.25, 0.3) is 0 Å². The van der Waals surface area contributed by atoms with E-state index in [-0.39, 0.29) is 0 Å². The van der Waals surface area contributed by atoms with Crippen LogP contribution in [-0.2, 0) is 6.54 Å². The average Bonchev–Trinajstić information content (AvgIpc) is 3.24. The summed E-state index contributed by atoms with van der Waals surface area (Å²) >= 11 is 0. The molecule has 108 valence electrons. The third-order valence-corrected chi connectivity index (χ3v) is 3.80. The van der Waals surface area contributed by atoms with Gasteiger partial charge < -0.3 is 9.15 Å². The van der Waals surface area contributed by atoms with E-state index >= 15 is 0 Å². The predicted octanol–water partition coefficient (Wildman–Crippen LogP) is 3.70. The molecule has 1 aromatic carbocycles. The molecule has 0 radical (unpaired) electrons. The molecule has 0 saturated carbocycles. The largest absolute Gasteiger partial charge is 0.496 e. The van der Waals surface area contributed by atoms with Gasteiger partial charge in [0.1, 0.15) is 11.5 Å². The van der Waals surface area contributed by atoms with E-state index in [9.17, 15) is 0 Å². The van der Waals surface area contributed by atoms with Crippen molar-refractivity contribution in [1.82, 2.24) is 4.98 Å². The highest BCUT2D eigenvalue weighted by molar-refractivity contribution is 6.19. The number of para-hydroxylation sites is 1. The fraction of sp³-hybridized carbons (Fsp3) is 0.111. The van der Waals surface area contributed by atoms with Gasteiger partial charge in [-0.1, -0.05) is 12.1 Å². The molecule has 0 N–H and O–H groups in total. The summed E-state index contributed by atoms with van der Waals surface area (Å²) in [6.45, 7) is 0.581. The van der Waals surface area contributed by atoms with Crippen LogP contribution in [0, 0.1) is 0 Å². The van der Waals surface area contributed by atoms with Crippen molar-refractivity contribution in [3.05, 3.63) is 71.7 Å². The summed E-state index contributed by atoms with van der Waals surface area (Å²) in [5.74, 6) is 1.63. The minimum Gasteiger partial charge on any atom is -0.496 e. The molecule has 1 aliphatic heterocycles. The fourth-order valence-electron chi connectivity index (χ4n) is 2.82. The van der Waals surface area contributed by atoms with Crippen molar-refractivity contribution in [3.8, 4) is 17.1 Å². The van der Waals surface area contributed by atoms with Gasteiger partial charge >= 0.3 is 0 Å². The van der Waals surface area contributed by atoms with Gasteiger partial charge in [0, 0.05) is 22.9 Å². The molecule has 1 aliphatic rings. The average molecular weight is 290 g/mol. The number of ether oxygens (including phenoxy) is 1. The maximum atomic E-state index is 5.57. The molecule has 3 heterocycles. The Hall–Kier alpha value is -2.88. The molecule has 0 spiro atoms. The van der Waals surface area contributed by atoms with E-state index in [4.69, 9.17) is 9.15 Å². The van der Waals surface area contributed by atoms with Crippen LogP contribution in [0.15, 0.2) is 64.3 Å².